The Balaban J connectivity index is 1.51. The monoisotopic (exact) mass is 416 g/mol. The minimum absolute atomic E-state index is 0.0840. The Morgan fingerprint density at radius 2 is 1.61 bits per heavy atom. The molecule has 3 aromatic carbocycles. The number of aryl methyl sites for hydroxylation is 1. The summed E-state index contributed by atoms with van der Waals surface area (Å²) in [6.07, 6.45) is 0.311. The molecule has 0 aliphatic rings. The Hall–Kier alpha value is -3.93. The number of benzene rings is 3. The summed E-state index contributed by atoms with van der Waals surface area (Å²) in [5.41, 5.74) is 4.08. The van der Waals surface area contributed by atoms with Gasteiger partial charge < -0.3 is 15.4 Å². The highest BCUT2D eigenvalue weighted by atomic mass is 16.5. The molecule has 0 saturated carbocycles. The molecule has 31 heavy (non-hydrogen) atoms. The topological polar surface area (TPSA) is 84.5 Å². The third kappa shape index (κ3) is 6.82. The van der Waals surface area contributed by atoms with Crippen LogP contribution in [-0.4, -0.2) is 17.8 Å². The molecule has 6 nitrogen and oxygen atoms in total. The van der Waals surface area contributed by atoms with E-state index in [0.29, 0.717) is 30.0 Å². The molecule has 0 aliphatic heterocycles. The van der Waals surface area contributed by atoms with E-state index in [9.17, 15) is 14.4 Å². The van der Waals surface area contributed by atoms with Gasteiger partial charge in [0.05, 0.1) is 6.42 Å². The number of esters is 1. The summed E-state index contributed by atoms with van der Waals surface area (Å²) in [5, 5.41) is 5.71. The zero-order valence-electron chi connectivity index (χ0n) is 17.5. The van der Waals surface area contributed by atoms with Gasteiger partial charge >= 0.3 is 5.97 Å². The van der Waals surface area contributed by atoms with Crippen LogP contribution in [0.3, 0.4) is 0 Å². The number of amides is 2. The van der Waals surface area contributed by atoms with Crippen molar-refractivity contribution in [2.24, 2.45) is 0 Å². The average molecular weight is 416 g/mol. The molecule has 0 fully saturated rings. The molecule has 0 saturated heterocycles. The van der Waals surface area contributed by atoms with Gasteiger partial charge in [-0.25, -0.2) is 0 Å². The first-order valence-corrected chi connectivity index (χ1v) is 9.90. The molecule has 158 valence electrons. The smallest absolute Gasteiger partial charge is 0.308 e. The molecule has 2 amide bonds. The Morgan fingerprint density at radius 3 is 2.32 bits per heavy atom. The fraction of sp³-hybridized carbons (Fsp3) is 0.160. The van der Waals surface area contributed by atoms with Crippen LogP contribution in [0.2, 0.25) is 0 Å². The maximum Gasteiger partial charge on any atom is 0.308 e. The molecule has 0 unspecified atom stereocenters. The predicted molar refractivity (Wildman–Crippen MR) is 119 cm³/mol. The molecular weight excluding hydrogens is 392 g/mol. The van der Waals surface area contributed by atoms with Crippen LogP contribution in [-0.2, 0) is 22.6 Å². The molecule has 3 rings (SSSR count). The maximum atomic E-state index is 12.4. The van der Waals surface area contributed by atoms with Crippen molar-refractivity contribution in [3.05, 3.63) is 95.1 Å². The van der Waals surface area contributed by atoms with Gasteiger partial charge in [-0.15, -0.1) is 0 Å². The quantitative estimate of drug-likeness (QED) is 0.450. The number of hydrogen-bond acceptors (Lipinski definition) is 4. The van der Waals surface area contributed by atoms with Gasteiger partial charge in [-0.1, -0.05) is 48.0 Å². The molecule has 2 N–H and O–H groups in total. The first kappa shape index (κ1) is 21.8. The van der Waals surface area contributed by atoms with Crippen molar-refractivity contribution in [2.75, 3.05) is 5.32 Å². The third-order valence-corrected chi connectivity index (χ3v) is 4.50. The number of nitrogens with one attached hydrogen (secondary N) is 2. The summed E-state index contributed by atoms with van der Waals surface area (Å²) in [6, 6.07) is 21.6. The van der Waals surface area contributed by atoms with Crippen LogP contribution >= 0.6 is 0 Å². The van der Waals surface area contributed by atoms with E-state index >= 15 is 0 Å². The van der Waals surface area contributed by atoms with Crippen molar-refractivity contribution in [1.82, 2.24) is 5.32 Å². The standard InChI is InChI=1S/C25H24N2O4/c1-17-5-3-6-20(13-17)14-24(29)27-22-11-9-19(10-12-22)16-26-25(30)21-7-4-8-23(15-21)31-18(2)28/h3-13,15H,14,16H2,1-2H3,(H,26,30)(H,27,29). The zero-order chi connectivity index (χ0) is 22.2. The van der Waals surface area contributed by atoms with Crippen LogP contribution in [0.25, 0.3) is 0 Å². The molecule has 0 atom stereocenters. The van der Waals surface area contributed by atoms with E-state index in [1.165, 1.54) is 13.0 Å². The minimum atomic E-state index is -0.441. The Bertz CT molecular complexity index is 1090. The Morgan fingerprint density at radius 1 is 0.871 bits per heavy atom. The van der Waals surface area contributed by atoms with E-state index < -0.39 is 5.97 Å². The summed E-state index contributed by atoms with van der Waals surface area (Å²) >= 11 is 0. The molecule has 0 heterocycles. The van der Waals surface area contributed by atoms with Gasteiger partial charge in [0.1, 0.15) is 5.75 Å². The van der Waals surface area contributed by atoms with E-state index in [2.05, 4.69) is 10.6 Å². The van der Waals surface area contributed by atoms with E-state index in [4.69, 9.17) is 4.74 Å². The fourth-order valence-electron chi connectivity index (χ4n) is 3.07. The molecule has 0 radical (unpaired) electrons. The SMILES string of the molecule is CC(=O)Oc1cccc(C(=O)NCc2ccc(NC(=O)Cc3cccc(C)c3)cc2)c1. The minimum Gasteiger partial charge on any atom is -0.427 e. The first-order valence-electron chi connectivity index (χ1n) is 9.90. The van der Waals surface area contributed by atoms with E-state index in [0.717, 1.165) is 16.7 Å². The van der Waals surface area contributed by atoms with Crippen molar-refractivity contribution in [3.8, 4) is 5.75 Å². The van der Waals surface area contributed by atoms with Gasteiger partial charge in [0.25, 0.3) is 5.91 Å². The Labute approximate surface area is 181 Å². The average Bonchev–Trinajstić information content (AvgIpc) is 2.72. The third-order valence-electron chi connectivity index (χ3n) is 4.50. The number of ether oxygens (including phenoxy) is 1. The molecule has 0 spiro atoms. The first-order chi connectivity index (χ1) is 14.9. The zero-order valence-corrected chi connectivity index (χ0v) is 17.5. The molecule has 0 bridgehead atoms. The van der Waals surface area contributed by atoms with Crippen LogP contribution < -0.4 is 15.4 Å². The summed E-state index contributed by atoms with van der Waals surface area (Å²) < 4.78 is 5.00. The van der Waals surface area contributed by atoms with Gasteiger partial charge in [-0.2, -0.15) is 0 Å². The highest BCUT2D eigenvalue weighted by Crippen LogP contribution is 2.15. The highest BCUT2D eigenvalue weighted by Gasteiger charge is 2.08. The summed E-state index contributed by atoms with van der Waals surface area (Å²) in [6.45, 7) is 3.63. The number of anilines is 1. The summed E-state index contributed by atoms with van der Waals surface area (Å²) in [5.74, 6) is -0.474. The van der Waals surface area contributed by atoms with Gasteiger partial charge in [-0.3, -0.25) is 14.4 Å². The number of hydrogen-bond donors (Lipinski definition) is 2. The Kier molecular flexibility index (Phi) is 7.17. The molecular formula is C25H24N2O4. The van der Waals surface area contributed by atoms with Crippen LogP contribution in [0.15, 0.2) is 72.8 Å². The van der Waals surface area contributed by atoms with Crippen molar-refractivity contribution < 1.29 is 19.1 Å². The van der Waals surface area contributed by atoms with Crippen molar-refractivity contribution in [2.45, 2.75) is 26.8 Å². The normalized spacial score (nSPS) is 10.3. The van der Waals surface area contributed by atoms with Crippen LogP contribution in [0.4, 0.5) is 5.69 Å². The van der Waals surface area contributed by atoms with Gasteiger partial charge in [0, 0.05) is 24.7 Å². The largest absolute Gasteiger partial charge is 0.427 e. The highest BCUT2D eigenvalue weighted by molar-refractivity contribution is 5.94. The van der Waals surface area contributed by atoms with Crippen molar-refractivity contribution in [3.63, 3.8) is 0 Å². The maximum absolute atomic E-state index is 12.4. The van der Waals surface area contributed by atoms with E-state index in [-0.39, 0.29) is 11.8 Å². The second kappa shape index (κ2) is 10.2. The van der Waals surface area contributed by atoms with E-state index in [1.54, 1.807) is 30.3 Å². The second-order valence-electron chi connectivity index (χ2n) is 7.22. The van der Waals surface area contributed by atoms with Crippen LogP contribution in [0.1, 0.15) is 34.0 Å². The number of rotatable bonds is 7. The van der Waals surface area contributed by atoms with Gasteiger partial charge in [0.15, 0.2) is 0 Å². The lowest BCUT2D eigenvalue weighted by Gasteiger charge is -2.09. The summed E-state index contributed by atoms with van der Waals surface area (Å²) in [7, 11) is 0. The second-order valence-corrected chi connectivity index (χ2v) is 7.22. The lowest BCUT2D eigenvalue weighted by atomic mass is 10.1. The molecule has 3 aromatic rings. The van der Waals surface area contributed by atoms with Crippen molar-refractivity contribution in [1.29, 1.82) is 0 Å². The van der Waals surface area contributed by atoms with Gasteiger partial charge in [-0.05, 0) is 48.4 Å². The molecule has 0 aliphatic carbocycles. The number of carbonyl (C=O) groups excluding carboxylic acids is 3. The van der Waals surface area contributed by atoms with Crippen LogP contribution in [0.5, 0.6) is 5.75 Å². The molecule has 0 aromatic heterocycles. The van der Waals surface area contributed by atoms with Crippen molar-refractivity contribution >= 4 is 23.5 Å². The van der Waals surface area contributed by atoms with Crippen LogP contribution in [0, 0.1) is 6.92 Å². The lowest BCUT2D eigenvalue weighted by Crippen LogP contribution is -2.22. The molecule has 6 heteroatoms. The summed E-state index contributed by atoms with van der Waals surface area (Å²) in [4.78, 5) is 35.7. The van der Waals surface area contributed by atoms with E-state index in [1.807, 2.05) is 43.3 Å². The fourth-order valence-corrected chi connectivity index (χ4v) is 3.07. The number of carbonyl (C=O) groups is 3. The lowest BCUT2D eigenvalue weighted by molar-refractivity contribution is -0.131. The predicted octanol–water partition coefficient (Wildman–Crippen LogP) is 4.03. The van der Waals surface area contributed by atoms with Gasteiger partial charge in [0.2, 0.25) is 5.91 Å².